The molecule has 64 valence electrons. The molecule has 0 saturated carbocycles. The molecule has 0 amide bonds. The molecule has 0 spiro atoms. The summed E-state index contributed by atoms with van der Waals surface area (Å²) in [5, 5.41) is 7.60. The lowest BCUT2D eigenvalue weighted by Gasteiger charge is -1.89. The Balaban J connectivity index is 0. The Bertz CT molecular complexity index is 139. The first-order valence-corrected chi connectivity index (χ1v) is 3.03. The van der Waals surface area contributed by atoms with E-state index < -0.39 is 5.97 Å². The maximum absolute atomic E-state index is 9.82. The zero-order valence-corrected chi connectivity index (χ0v) is 6.66. The fourth-order valence-corrected chi connectivity index (χ4v) is 0.203. The van der Waals surface area contributed by atoms with E-state index in [0.717, 1.165) is 6.08 Å². The van der Waals surface area contributed by atoms with Crippen LogP contribution in [-0.4, -0.2) is 23.7 Å². The van der Waals surface area contributed by atoms with Gasteiger partial charge in [0.1, 0.15) is 0 Å². The second-order valence-corrected chi connectivity index (χ2v) is 1.47. The third-order valence-corrected chi connectivity index (χ3v) is 0.522. The summed E-state index contributed by atoms with van der Waals surface area (Å²) >= 11 is 0. The predicted octanol–water partition coefficient (Wildman–Crippen LogP) is 0.826. The fourth-order valence-electron chi connectivity index (χ4n) is 0.203. The van der Waals surface area contributed by atoms with Gasteiger partial charge in [-0.05, 0) is 6.92 Å². The summed E-state index contributed by atoms with van der Waals surface area (Å²) in [4.78, 5) is 19.1. The minimum absolute atomic E-state index is 0.211. The summed E-state index contributed by atoms with van der Waals surface area (Å²) < 4.78 is 4.40. The molecule has 11 heavy (non-hydrogen) atoms. The van der Waals surface area contributed by atoms with Crippen molar-refractivity contribution in [1.29, 1.82) is 0 Å². The van der Waals surface area contributed by atoms with Gasteiger partial charge in [0.25, 0.3) is 0 Å². The Hall–Kier alpha value is -1.32. The lowest BCUT2D eigenvalue weighted by molar-refractivity contribution is -0.140. The van der Waals surface area contributed by atoms with Crippen LogP contribution in [0.1, 0.15) is 13.8 Å². The van der Waals surface area contributed by atoms with Crippen LogP contribution in [0.3, 0.4) is 0 Å². The van der Waals surface area contributed by atoms with Gasteiger partial charge >= 0.3 is 11.9 Å². The second kappa shape index (κ2) is 8.68. The van der Waals surface area contributed by atoms with E-state index in [2.05, 4.69) is 11.3 Å². The monoisotopic (exact) mass is 160 g/mol. The highest BCUT2D eigenvalue weighted by molar-refractivity contribution is 5.78. The van der Waals surface area contributed by atoms with E-state index in [9.17, 15) is 9.59 Å². The van der Waals surface area contributed by atoms with Gasteiger partial charge < -0.3 is 9.84 Å². The van der Waals surface area contributed by atoms with E-state index in [1.807, 2.05) is 0 Å². The van der Waals surface area contributed by atoms with Crippen LogP contribution >= 0.6 is 0 Å². The third-order valence-electron chi connectivity index (χ3n) is 0.522. The molecule has 4 heteroatoms. The molecule has 0 bridgehead atoms. The number of esters is 1. The molecule has 0 radical (unpaired) electrons. The minimum atomic E-state index is -0.981. The number of carbonyl (C=O) groups excluding carboxylic acids is 1. The Morgan fingerprint density at radius 2 is 2.00 bits per heavy atom. The van der Waals surface area contributed by atoms with Crippen LogP contribution in [0.2, 0.25) is 0 Å². The molecule has 1 N–H and O–H groups in total. The first kappa shape index (κ1) is 12.4. The molecule has 0 aromatic heterocycles. The van der Waals surface area contributed by atoms with Crippen molar-refractivity contribution < 1.29 is 19.4 Å². The topological polar surface area (TPSA) is 63.6 Å². The van der Waals surface area contributed by atoms with Crippen LogP contribution in [0.15, 0.2) is 12.7 Å². The van der Waals surface area contributed by atoms with Crippen molar-refractivity contribution in [1.82, 2.24) is 0 Å². The Labute approximate surface area is 65.5 Å². The van der Waals surface area contributed by atoms with Gasteiger partial charge in [0.2, 0.25) is 0 Å². The van der Waals surface area contributed by atoms with Gasteiger partial charge in [-0.1, -0.05) is 6.58 Å². The molecule has 0 unspecified atom stereocenters. The maximum Gasteiger partial charge on any atom is 0.327 e. The smallest absolute Gasteiger partial charge is 0.327 e. The average molecular weight is 160 g/mol. The summed E-state index contributed by atoms with van der Waals surface area (Å²) in [6, 6.07) is 0. The first-order valence-electron chi connectivity index (χ1n) is 3.03. The van der Waals surface area contributed by atoms with Crippen molar-refractivity contribution in [2.24, 2.45) is 0 Å². The van der Waals surface area contributed by atoms with Crippen LogP contribution in [0.25, 0.3) is 0 Å². The number of carboxylic acids is 1. The number of hydrogen-bond acceptors (Lipinski definition) is 3. The fraction of sp³-hybridized carbons (Fsp3) is 0.429. The lowest BCUT2D eigenvalue weighted by Crippen LogP contribution is -1.95. The van der Waals surface area contributed by atoms with Crippen LogP contribution in [0.5, 0.6) is 0 Å². The molecular formula is C7H12O4. The van der Waals surface area contributed by atoms with E-state index in [1.54, 1.807) is 6.92 Å². The highest BCUT2D eigenvalue weighted by Crippen LogP contribution is 1.69. The highest BCUT2D eigenvalue weighted by atomic mass is 16.5. The van der Waals surface area contributed by atoms with Crippen LogP contribution in [0.4, 0.5) is 0 Å². The number of hydrogen-bond donors (Lipinski definition) is 1. The molecule has 0 rings (SSSR count). The maximum atomic E-state index is 9.82. The lowest BCUT2D eigenvalue weighted by atomic mass is 10.7. The summed E-state index contributed by atoms with van der Waals surface area (Å²) in [5.74, 6) is -1.19. The van der Waals surface area contributed by atoms with Gasteiger partial charge in [-0.25, -0.2) is 4.79 Å². The first-order chi connectivity index (χ1) is 5.04. The molecule has 0 heterocycles. The normalized spacial score (nSPS) is 7.09. The summed E-state index contributed by atoms with van der Waals surface area (Å²) in [5.41, 5.74) is 0. The summed E-state index contributed by atoms with van der Waals surface area (Å²) in [6.07, 6.45) is 0.833. The van der Waals surface area contributed by atoms with E-state index in [0.29, 0.717) is 6.61 Å². The largest absolute Gasteiger partial charge is 0.478 e. The van der Waals surface area contributed by atoms with Crippen molar-refractivity contribution in [3.8, 4) is 0 Å². The Morgan fingerprint density at radius 3 is 2.00 bits per heavy atom. The molecule has 0 saturated heterocycles. The van der Waals surface area contributed by atoms with E-state index in [1.165, 1.54) is 6.92 Å². The second-order valence-electron chi connectivity index (χ2n) is 1.47. The van der Waals surface area contributed by atoms with E-state index in [4.69, 9.17) is 5.11 Å². The average Bonchev–Trinajstić information content (AvgIpc) is 1.89. The highest BCUT2D eigenvalue weighted by Gasteiger charge is 1.81. The van der Waals surface area contributed by atoms with Crippen molar-refractivity contribution in [2.75, 3.05) is 6.61 Å². The Morgan fingerprint density at radius 1 is 1.64 bits per heavy atom. The van der Waals surface area contributed by atoms with Crippen LogP contribution in [-0.2, 0) is 14.3 Å². The number of carbonyl (C=O) groups is 2. The summed E-state index contributed by atoms with van der Waals surface area (Å²) in [6.45, 7) is 6.61. The number of aliphatic carboxylic acids is 1. The van der Waals surface area contributed by atoms with Gasteiger partial charge in [0.05, 0.1) is 6.61 Å². The zero-order valence-electron chi connectivity index (χ0n) is 6.66. The van der Waals surface area contributed by atoms with Crippen molar-refractivity contribution >= 4 is 11.9 Å². The van der Waals surface area contributed by atoms with Crippen molar-refractivity contribution in [2.45, 2.75) is 13.8 Å². The van der Waals surface area contributed by atoms with E-state index in [-0.39, 0.29) is 5.97 Å². The molecule has 0 aliphatic heterocycles. The van der Waals surface area contributed by atoms with Gasteiger partial charge in [-0.3, -0.25) is 4.79 Å². The molecule has 0 aliphatic rings. The molecule has 0 aromatic rings. The minimum Gasteiger partial charge on any atom is -0.478 e. The number of carboxylic acid groups (broad SMARTS) is 1. The van der Waals surface area contributed by atoms with Crippen molar-refractivity contribution in [3.63, 3.8) is 0 Å². The summed E-state index contributed by atoms with van der Waals surface area (Å²) in [7, 11) is 0. The van der Waals surface area contributed by atoms with Gasteiger partial charge in [0.15, 0.2) is 0 Å². The van der Waals surface area contributed by atoms with Gasteiger partial charge in [-0.15, -0.1) is 0 Å². The Kier molecular flexibility index (Phi) is 9.76. The molecule has 0 atom stereocenters. The van der Waals surface area contributed by atoms with E-state index >= 15 is 0 Å². The SMILES string of the molecule is C=CC(=O)O.CCOC(C)=O. The standard InChI is InChI=1S/C4H8O2.C3H4O2/c1-3-6-4(2)5;1-2-3(4)5/h3H2,1-2H3;2H,1H2,(H,4,5). The third kappa shape index (κ3) is 28.6. The van der Waals surface area contributed by atoms with Crippen molar-refractivity contribution in [3.05, 3.63) is 12.7 Å². The van der Waals surface area contributed by atoms with Crippen LogP contribution < -0.4 is 0 Å². The van der Waals surface area contributed by atoms with Gasteiger partial charge in [-0.2, -0.15) is 0 Å². The van der Waals surface area contributed by atoms with Gasteiger partial charge in [0, 0.05) is 13.0 Å². The number of rotatable bonds is 2. The quantitative estimate of drug-likeness (QED) is 0.480. The molecular weight excluding hydrogens is 148 g/mol. The molecule has 0 fully saturated rings. The number of ether oxygens (including phenoxy) is 1. The predicted molar refractivity (Wildman–Crippen MR) is 40.1 cm³/mol. The molecule has 0 aliphatic carbocycles. The zero-order chi connectivity index (χ0) is 9.28. The van der Waals surface area contributed by atoms with Crippen LogP contribution in [0, 0.1) is 0 Å². The molecule has 4 nitrogen and oxygen atoms in total. The molecule has 0 aromatic carbocycles.